The minimum atomic E-state index is -6.00. The van der Waals surface area contributed by atoms with Crippen molar-refractivity contribution in [2.45, 2.75) is 77.8 Å². The van der Waals surface area contributed by atoms with Crippen LogP contribution in [0.3, 0.4) is 0 Å². The fraction of sp³-hybridized carbons (Fsp3) is 1.00. The molecule has 0 spiro atoms. The van der Waals surface area contributed by atoms with Crippen LogP contribution in [0.4, 0.5) is 17.3 Å². The molecule has 0 saturated heterocycles. The van der Waals surface area contributed by atoms with E-state index in [2.05, 4.69) is 62.3 Å². The third-order valence-corrected chi connectivity index (χ3v) is 6.04. The van der Waals surface area contributed by atoms with Crippen LogP contribution in [0.15, 0.2) is 0 Å². The van der Waals surface area contributed by atoms with E-state index in [4.69, 9.17) is 0 Å². The molecule has 0 aromatic rings. The van der Waals surface area contributed by atoms with Gasteiger partial charge in [0.05, 0.1) is 0 Å². The summed E-state index contributed by atoms with van der Waals surface area (Å²) in [6, 6.07) is 0. The Hall–Kier alpha value is 0.280. The molecule has 0 aromatic carbocycles. The van der Waals surface area contributed by atoms with Crippen LogP contribution in [0, 0.1) is 0 Å². The van der Waals surface area contributed by atoms with Crippen molar-refractivity contribution in [2.75, 3.05) is 0 Å². The van der Waals surface area contributed by atoms with Crippen molar-refractivity contribution < 1.29 is 17.3 Å². The second kappa shape index (κ2) is 7.33. The Morgan fingerprint density at radius 3 is 0.684 bits per heavy atom. The highest BCUT2D eigenvalue weighted by Gasteiger charge is 2.41. The van der Waals surface area contributed by atoms with Crippen LogP contribution in [0.25, 0.3) is 0 Å². The Morgan fingerprint density at radius 1 is 0.579 bits per heavy atom. The molecule has 0 aliphatic heterocycles. The summed E-state index contributed by atoms with van der Waals surface area (Å²) in [5, 5.41) is 1.35. The van der Waals surface area contributed by atoms with Gasteiger partial charge in [0.2, 0.25) is 0 Å². The van der Waals surface area contributed by atoms with E-state index >= 15 is 0 Å². The molecule has 115 valence electrons. The zero-order chi connectivity index (χ0) is 15.6. The number of hydrogen-bond donors (Lipinski definition) is 0. The van der Waals surface area contributed by atoms with Crippen LogP contribution in [-0.2, 0) is 0 Å². The van der Waals surface area contributed by atoms with Crippen molar-refractivity contribution in [2.24, 2.45) is 0 Å². The van der Waals surface area contributed by atoms with Gasteiger partial charge in [-0.2, -0.15) is 0 Å². The maximum absolute atomic E-state index is 9.75. The van der Waals surface area contributed by atoms with E-state index in [-0.39, 0.29) is 16.3 Å². The maximum Gasteiger partial charge on any atom is 0.673 e. The Bertz CT molecular complexity index is 207. The summed E-state index contributed by atoms with van der Waals surface area (Å²) in [5.74, 6) is 0. The third kappa shape index (κ3) is 14.5. The first kappa shape index (κ1) is 24.3. The predicted octanol–water partition coefficient (Wildman–Crippen LogP) is 5.78. The highest BCUT2D eigenvalue weighted by molar-refractivity contribution is 7.62. The van der Waals surface area contributed by atoms with Crippen molar-refractivity contribution in [3.05, 3.63) is 0 Å². The average Bonchev–Trinajstić information content (AvgIpc) is 1.65. The molecule has 0 fully saturated rings. The molecule has 7 heteroatoms. The quantitative estimate of drug-likeness (QED) is 0.302. The van der Waals surface area contributed by atoms with Gasteiger partial charge < -0.3 is 17.3 Å². The molecule has 0 heterocycles. The van der Waals surface area contributed by atoms with Crippen LogP contribution in [0.1, 0.15) is 62.3 Å². The van der Waals surface area contributed by atoms with Gasteiger partial charge in [-0.3, -0.25) is 0 Å². The topological polar surface area (TPSA) is 0 Å². The molecule has 0 atom stereocenters. The van der Waals surface area contributed by atoms with E-state index in [0.29, 0.717) is 15.5 Å². The summed E-state index contributed by atoms with van der Waals surface area (Å²) in [7, 11) is -5.98. The molecular weight excluding hydrogens is 273 g/mol. The van der Waals surface area contributed by atoms with Crippen molar-refractivity contribution in [1.29, 1.82) is 0 Å². The van der Waals surface area contributed by atoms with Crippen molar-refractivity contribution >= 4 is 23.6 Å². The Kier molecular flexibility index (Phi) is 9.38. The lowest BCUT2D eigenvalue weighted by Gasteiger charge is -2.49. The Labute approximate surface area is 119 Å². The fourth-order valence-corrected chi connectivity index (χ4v) is 9.06. The van der Waals surface area contributed by atoms with Gasteiger partial charge in [0.15, 0.2) is 0 Å². The predicted molar refractivity (Wildman–Crippen MR) is 82.1 cm³/mol. The van der Waals surface area contributed by atoms with Crippen LogP contribution in [-0.4, -0.2) is 31.1 Å². The molecule has 0 unspecified atom stereocenters. The van der Waals surface area contributed by atoms with Gasteiger partial charge >= 0.3 is 7.25 Å². The average molecular weight is 300 g/mol. The SMILES string of the molecule is CC(C)(C)P(C(C)(C)C)C(C)(C)C.F[B-](F)(F)F.[B]. The van der Waals surface area contributed by atoms with Gasteiger partial charge in [0, 0.05) is 8.41 Å². The molecule has 3 radical (unpaired) electrons. The summed E-state index contributed by atoms with van der Waals surface area (Å²) in [6.45, 7) is 21.5. The number of halogens is 4. The lowest BCUT2D eigenvalue weighted by atomic mass is 10.2. The van der Waals surface area contributed by atoms with E-state index in [1.807, 2.05) is 0 Å². The summed E-state index contributed by atoms with van der Waals surface area (Å²) in [5.41, 5.74) is 0. The van der Waals surface area contributed by atoms with Gasteiger partial charge in [-0.25, -0.2) is 0 Å². The highest BCUT2D eigenvalue weighted by Crippen LogP contribution is 2.66. The molecule has 19 heavy (non-hydrogen) atoms. The van der Waals surface area contributed by atoms with E-state index in [1.54, 1.807) is 0 Å². The van der Waals surface area contributed by atoms with Gasteiger partial charge in [-0.05, 0) is 15.5 Å². The van der Waals surface area contributed by atoms with Gasteiger partial charge in [-0.1, -0.05) is 70.2 Å². The largest absolute Gasteiger partial charge is 0.673 e. The zero-order valence-electron chi connectivity index (χ0n) is 13.6. The summed E-state index contributed by atoms with van der Waals surface area (Å²) in [4.78, 5) is 0. The summed E-state index contributed by atoms with van der Waals surface area (Å²) >= 11 is 0. The molecular formula is C12H27B2F4P-. The van der Waals surface area contributed by atoms with Crippen molar-refractivity contribution in [1.82, 2.24) is 0 Å². The maximum atomic E-state index is 9.75. The minimum Gasteiger partial charge on any atom is -0.418 e. The second-order valence-corrected chi connectivity index (χ2v) is 12.0. The van der Waals surface area contributed by atoms with Crippen molar-refractivity contribution in [3.63, 3.8) is 0 Å². The minimum absolute atomic E-state index is 0. The Morgan fingerprint density at radius 2 is 0.684 bits per heavy atom. The van der Waals surface area contributed by atoms with E-state index in [1.165, 1.54) is 0 Å². The summed E-state index contributed by atoms with van der Waals surface area (Å²) < 4.78 is 39.0. The molecule has 0 amide bonds. The highest BCUT2D eigenvalue weighted by atomic mass is 31.1. The normalized spacial score (nSPS) is 13.6. The lowest BCUT2D eigenvalue weighted by molar-refractivity contribution is 0.368. The van der Waals surface area contributed by atoms with Gasteiger partial charge in [-0.15, -0.1) is 0 Å². The molecule has 0 saturated carbocycles. The molecule has 0 aliphatic carbocycles. The lowest BCUT2D eigenvalue weighted by Crippen LogP contribution is -2.34. The smallest absolute Gasteiger partial charge is 0.418 e. The van der Waals surface area contributed by atoms with Crippen LogP contribution >= 0.6 is 7.92 Å². The van der Waals surface area contributed by atoms with Gasteiger partial charge in [0.1, 0.15) is 0 Å². The molecule has 0 rings (SSSR count). The van der Waals surface area contributed by atoms with E-state index in [0.717, 1.165) is 0 Å². The first-order valence-electron chi connectivity index (χ1n) is 6.04. The summed E-state index contributed by atoms with van der Waals surface area (Å²) in [6.07, 6.45) is 0. The second-order valence-electron chi connectivity index (χ2n) is 7.34. The molecule has 0 aromatic heterocycles. The van der Waals surface area contributed by atoms with E-state index in [9.17, 15) is 17.3 Å². The van der Waals surface area contributed by atoms with Crippen LogP contribution in [0.5, 0.6) is 0 Å². The standard InChI is InChI=1S/C12H27P.BF4.B/c1-10(2,3)13(11(4,5)6)12(7,8)9;2-1(3,4)5;/h1-9H3;;/q;-1;. The zero-order valence-corrected chi connectivity index (χ0v) is 14.5. The van der Waals surface area contributed by atoms with Gasteiger partial charge in [0.25, 0.3) is 0 Å². The van der Waals surface area contributed by atoms with Crippen LogP contribution in [0.2, 0.25) is 0 Å². The van der Waals surface area contributed by atoms with Crippen LogP contribution < -0.4 is 0 Å². The first-order chi connectivity index (χ1) is 7.37. The molecule has 0 N–H and O–H groups in total. The molecule has 0 bridgehead atoms. The number of rotatable bonds is 0. The van der Waals surface area contributed by atoms with E-state index < -0.39 is 7.25 Å². The molecule has 0 aliphatic rings. The monoisotopic (exact) mass is 300 g/mol. The third-order valence-electron chi connectivity index (χ3n) is 2.01. The molecule has 0 nitrogen and oxygen atoms in total. The first-order valence-corrected chi connectivity index (χ1v) is 7.39. The number of hydrogen-bond acceptors (Lipinski definition) is 0. The fourth-order valence-electron chi connectivity index (χ4n) is 3.02. The Balaban J connectivity index is -0.000000366. The van der Waals surface area contributed by atoms with Crippen molar-refractivity contribution in [3.8, 4) is 0 Å².